The van der Waals surface area contributed by atoms with E-state index in [2.05, 4.69) is 213 Å². The highest BCUT2D eigenvalue weighted by atomic mass is 15.2. The molecule has 3 heteroatoms. The van der Waals surface area contributed by atoms with Crippen LogP contribution in [0, 0.1) is 0 Å². The molecule has 0 aliphatic carbocycles. The fraction of sp³-hybridized carbons (Fsp3) is 0.125. The predicted molar refractivity (Wildman–Crippen MR) is 218 cm³/mol. The maximum absolute atomic E-state index is 2.54. The third-order valence-corrected chi connectivity index (χ3v) is 11.5. The van der Waals surface area contributed by atoms with Crippen molar-refractivity contribution < 1.29 is 0 Å². The van der Waals surface area contributed by atoms with Crippen LogP contribution in [0.5, 0.6) is 0 Å². The molecule has 2 heterocycles. The van der Waals surface area contributed by atoms with Crippen molar-refractivity contribution in [1.29, 1.82) is 0 Å². The van der Waals surface area contributed by atoms with E-state index < -0.39 is 0 Å². The number of nitrogens with zero attached hydrogens (tertiary/aromatic N) is 2. The molecule has 7 aromatic rings. The molecule has 51 heavy (non-hydrogen) atoms. The largest absolute Gasteiger partial charge is 0.311 e. The first-order valence-corrected chi connectivity index (χ1v) is 18.1. The van der Waals surface area contributed by atoms with Gasteiger partial charge in [0, 0.05) is 45.0 Å². The molecule has 0 N–H and O–H groups in total. The van der Waals surface area contributed by atoms with Gasteiger partial charge in [-0.05, 0) is 87.2 Å². The van der Waals surface area contributed by atoms with Gasteiger partial charge in [-0.2, -0.15) is 0 Å². The van der Waals surface area contributed by atoms with Crippen LogP contribution in [-0.2, 0) is 10.8 Å². The van der Waals surface area contributed by atoms with Gasteiger partial charge in [0.1, 0.15) is 0 Å². The zero-order valence-electron chi connectivity index (χ0n) is 29.7. The van der Waals surface area contributed by atoms with E-state index in [4.69, 9.17) is 0 Å². The molecule has 2 nitrogen and oxygen atoms in total. The number of benzene rings is 7. The molecule has 0 amide bonds. The van der Waals surface area contributed by atoms with Crippen molar-refractivity contribution in [3.05, 3.63) is 198 Å². The predicted octanol–water partition coefficient (Wildman–Crippen LogP) is 10.4. The standard InChI is InChI=1S/C48H41BN2/c1-47(2,34-18-8-5-9-19-34)36-22-16-25-39(32-36)51-44-29-17-28-43-46(44)49(40-26-14-15-27-42(40)50(43)38-23-12-7-13-24-38)41-31-30-37(33-45(41)51)48(3,4)35-20-10-6-11-21-35/h5-33H,1-4H3. The molecular weight excluding hydrogens is 615 g/mol. The van der Waals surface area contributed by atoms with Crippen molar-refractivity contribution >= 4 is 57.2 Å². The first kappa shape index (κ1) is 31.2. The average Bonchev–Trinajstić information content (AvgIpc) is 3.18. The van der Waals surface area contributed by atoms with Gasteiger partial charge in [-0.25, -0.2) is 0 Å². The molecule has 2 aliphatic rings. The van der Waals surface area contributed by atoms with Gasteiger partial charge in [-0.1, -0.05) is 155 Å². The topological polar surface area (TPSA) is 6.48 Å². The van der Waals surface area contributed by atoms with Crippen LogP contribution in [0.25, 0.3) is 0 Å². The number of hydrogen-bond acceptors (Lipinski definition) is 2. The summed E-state index contributed by atoms with van der Waals surface area (Å²) in [5, 5.41) is 0. The molecule has 0 bridgehead atoms. The van der Waals surface area contributed by atoms with E-state index in [1.807, 2.05) is 0 Å². The Bertz CT molecular complexity index is 2380. The highest BCUT2D eigenvalue weighted by Crippen LogP contribution is 2.46. The number of fused-ring (bicyclic) bond motifs is 4. The minimum Gasteiger partial charge on any atom is -0.311 e. The van der Waals surface area contributed by atoms with Gasteiger partial charge in [0.2, 0.25) is 0 Å². The SMILES string of the molecule is CC(C)(c1ccccc1)c1cccc(N2c3cc(C(C)(C)c4ccccc4)ccc3B3c4ccccc4N(c4ccccc4)c4cccc2c43)c1. The molecule has 246 valence electrons. The fourth-order valence-corrected chi connectivity index (χ4v) is 8.48. The molecule has 0 fully saturated rings. The first-order valence-electron chi connectivity index (χ1n) is 18.1. The van der Waals surface area contributed by atoms with E-state index in [-0.39, 0.29) is 17.5 Å². The second-order valence-electron chi connectivity index (χ2n) is 15.0. The summed E-state index contributed by atoms with van der Waals surface area (Å²) in [6.07, 6.45) is 0. The maximum Gasteiger partial charge on any atom is 0.252 e. The molecular formula is C48H41BN2. The van der Waals surface area contributed by atoms with Crippen LogP contribution >= 0.6 is 0 Å². The van der Waals surface area contributed by atoms with Crippen molar-refractivity contribution in [2.24, 2.45) is 0 Å². The van der Waals surface area contributed by atoms with Gasteiger partial charge in [0.25, 0.3) is 6.71 Å². The molecule has 9 rings (SSSR count). The lowest BCUT2D eigenvalue weighted by atomic mass is 9.33. The second-order valence-corrected chi connectivity index (χ2v) is 15.0. The Kier molecular flexibility index (Phi) is 7.29. The first-order chi connectivity index (χ1) is 24.8. The normalized spacial score (nSPS) is 13.4. The summed E-state index contributed by atoms with van der Waals surface area (Å²) >= 11 is 0. The Morgan fingerprint density at radius 3 is 1.45 bits per heavy atom. The Morgan fingerprint density at radius 2 is 0.804 bits per heavy atom. The van der Waals surface area contributed by atoms with Crippen LogP contribution in [-0.4, -0.2) is 6.71 Å². The van der Waals surface area contributed by atoms with E-state index >= 15 is 0 Å². The third kappa shape index (κ3) is 4.94. The maximum atomic E-state index is 2.54. The van der Waals surface area contributed by atoms with Crippen molar-refractivity contribution in [3.63, 3.8) is 0 Å². The molecule has 0 radical (unpaired) electrons. The summed E-state index contributed by atoms with van der Waals surface area (Å²) in [4.78, 5) is 4.99. The highest BCUT2D eigenvalue weighted by molar-refractivity contribution is 7.00. The zero-order chi connectivity index (χ0) is 34.7. The minimum atomic E-state index is -0.185. The van der Waals surface area contributed by atoms with Crippen LogP contribution in [0.1, 0.15) is 49.9 Å². The van der Waals surface area contributed by atoms with E-state index in [1.165, 1.54) is 72.8 Å². The number of para-hydroxylation sites is 2. The van der Waals surface area contributed by atoms with Crippen LogP contribution in [0.2, 0.25) is 0 Å². The molecule has 0 saturated carbocycles. The van der Waals surface area contributed by atoms with Crippen LogP contribution in [0.15, 0.2) is 176 Å². The van der Waals surface area contributed by atoms with Gasteiger partial charge in [0.15, 0.2) is 0 Å². The van der Waals surface area contributed by atoms with E-state index in [0.717, 1.165) is 0 Å². The van der Waals surface area contributed by atoms with Gasteiger partial charge in [0.05, 0.1) is 0 Å². The van der Waals surface area contributed by atoms with Crippen molar-refractivity contribution in [3.8, 4) is 0 Å². The molecule has 0 spiro atoms. The lowest BCUT2D eigenvalue weighted by Crippen LogP contribution is -2.61. The van der Waals surface area contributed by atoms with E-state index in [0.29, 0.717) is 0 Å². The van der Waals surface area contributed by atoms with E-state index in [9.17, 15) is 0 Å². The summed E-state index contributed by atoms with van der Waals surface area (Å²) in [6, 6.07) is 64.9. The molecule has 2 aliphatic heterocycles. The smallest absolute Gasteiger partial charge is 0.252 e. The lowest BCUT2D eigenvalue weighted by molar-refractivity contribution is 0.640. The molecule has 7 aromatic carbocycles. The molecule has 0 aromatic heterocycles. The zero-order valence-corrected chi connectivity index (χ0v) is 29.7. The molecule has 0 unspecified atom stereocenters. The Labute approximate surface area is 302 Å². The van der Waals surface area contributed by atoms with Crippen LogP contribution < -0.4 is 26.2 Å². The summed E-state index contributed by atoms with van der Waals surface area (Å²) in [7, 11) is 0. The van der Waals surface area contributed by atoms with Gasteiger partial charge in [-0.3, -0.25) is 0 Å². The third-order valence-electron chi connectivity index (χ3n) is 11.5. The van der Waals surface area contributed by atoms with Crippen LogP contribution in [0.4, 0.5) is 34.1 Å². The van der Waals surface area contributed by atoms with Crippen molar-refractivity contribution in [2.45, 2.75) is 38.5 Å². The van der Waals surface area contributed by atoms with Crippen molar-refractivity contribution in [1.82, 2.24) is 0 Å². The summed E-state index contributed by atoms with van der Waals surface area (Å²) < 4.78 is 0. The average molecular weight is 657 g/mol. The summed E-state index contributed by atoms with van der Waals surface area (Å²) in [5.74, 6) is 0. The minimum absolute atomic E-state index is 0.0939. The fourth-order valence-electron chi connectivity index (χ4n) is 8.48. The van der Waals surface area contributed by atoms with E-state index in [1.54, 1.807) is 0 Å². The summed E-state index contributed by atoms with van der Waals surface area (Å²) in [6.45, 7) is 9.46. The highest BCUT2D eigenvalue weighted by Gasteiger charge is 2.43. The summed E-state index contributed by atoms with van der Waals surface area (Å²) in [5.41, 5.74) is 16.1. The van der Waals surface area contributed by atoms with Crippen LogP contribution in [0.3, 0.4) is 0 Å². The number of hydrogen-bond donors (Lipinski definition) is 0. The monoisotopic (exact) mass is 656 g/mol. The quantitative estimate of drug-likeness (QED) is 0.164. The Balaban J connectivity index is 1.31. The second kappa shape index (κ2) is 11.9. The molecule has 0 atom stereocenters. The Hall–Kier alpha value is -5.80. The van der Waals surface area contributed by atoms with Gasteiger partial charge in [-0.15, -0.1) is 0 Å². The van der Waals surface area contributed by atoms with Gasteiger partial charge < -0.3 is 9.80 Å². The lowest BCUT2D eigenvalue weighted by Gasteiger charge is -2.44. The van der Waals surface area contributed by atoms with Crippen molar-refractivity contribution in [2.75, 3.05) is 9.80 Å². The number of rotatable bonds is 6. The Morgan fingerprint density at radius 1 is 0.353 bits per heavy atom. The number of anilines is 6. The van der Waals surface area contributed by atoms with Gasteiger partial charge >= 0.3 is 0 Å². The molecule has 0 saturated heterocycles.